The van der Waals surface area contributed by atoms with Crippen LogP contribution in [0.15, 0.2) is 0 Å². The van der Waals surface area contributed by atoms with E-state index in [-0.39, 0.29) is 6.42 Å². The van der Waals surface area contributed by atoms with Crippen LogP contribution >= 0.6 is 0 Å². The fourth-order valence-electron chi connectivity index (χ4n) is 0.526. The Balaban J connectivity index is 3.54. The number of carboxylic acids is 1. The normalized spacial score (nSPS) is 15.8. The molecule has 3 N–H and O–H groups in total. The first kappa shape index (κ1) is 10.6. The number of nitrogens with two attached hydrogens (primary N) is 1. The molecule has 66 valence electrons. The van der Waals surface area contributed by atoms with E-state index >= 15 is 0 Å². The molecule has 0 aliphatic rings. The van der Waals surface area contributed by atoms with Crippen LogP contribution in [0.2, 0.25) is 0 Å². The second-order valence-corrected chi connectivity index (χ2v) is 4.03. The molecule has 0 heterocycles. The van der Waals surface area contributed by atoms with Crippen LogP contribution < -0.4 is 5.73 Å². The first-order valence-corrected chi connectivity index (χ1v) is 4.90. The average molecular weight is 179 g/mol. The number of hydrogen-bond donors (Lipinski definition) is 2. The molecule has 0 amide bonds. The van der Waals surface area contributed by atoms with Gasteiger partial charge in [0.15, 0.2) is 0 Å². The van der Waals surface area contributed by atoms with Crippen molar-refractivity contribution >= 4 is 16.8 Å². The van der Waals surface area contributed by atoms with Gasteiger partial charge in [0.05, 0.1) is 0 Å². The molecule has 0 saturated heterocycles. The number of hydrogen-bond acceptors (Lipinski definition) is 3. The van der Waals surface area contributed by atoms with Gasteiger partial charge in [-0.1, -0.05) is 6.92 Å². The number of aliphatic carboxylic acids is 1. The molecule has 1 unspecified atom stereocenters. The Morgan fingerprint density at radius 1 is 1.73 bits per heavy atom. The lowest BCUT2D eigenvalue weighted by Crippen LogP contribution is -2.31. The van der Waals surface area contributed by atoms with Crippen LogP contribution in [-0.2, 0) is 15.6 Å². The molecule has 0 aliphatic heterocycles. The summed E-state index contributed by atoms with van der Waals surface area (Å²) in [5.41, 5.74) is 5.19. The first-order chi connectivity index (χ1) is 5.07. The predicted molar refractivity (Wildman–Crippen MR) is 43.8 cm³/mol. The van der Waals surface area contributed by atoms with E-state index < -0.39 is 22.8 Å². The lowest BCUT2D eigenvalue weighted by Gasteiger charge is -2.03. The van der Waals surface area contributed by atoms with Crippen LogP contribution in [0.1, 0.15) is 13.3 Å². The van der Waals surface area contributed by atoms with E-state index in [1.54, 1.807) is 6.92 Å². The molecule has 11 heavy (non-hydrogen) atoms. The molecule has 0 radical (unpaired) electrons. The van der Waals surface area contributed by atoms with Gasteiger partial charge in [-0.25, -0.2) is 0 Å². The number of carbonyl (C=O) groups is 1. The Labute approximate surface area is 68.2 Å². The molecular weight excluding hydrogens is 166 g/mol. The highest BCUT2D eigenvalue weighted by molar-refractivity contribution is 7.84. The highest BCUT2D eigenvalue weighted by Gasteiger charge is 2.11. The molecule has 0 bridgehead atoms. The Morgan fingerprint density at radius 3 is 2.64 bits per heavy atom. The van der Waals surface area contributed by atoms with E-state index in [1.165, 1.54) is 0 Å². The van der Waals surface area contributed by atoms with E-state index in [0.717, 1.165) is 0 Å². The lowest BCUT2D eigenvalue weighted by atomic mass is 10.2. The third kappa shape index (κ3) is 4.92. The minimum Gasteiger partial charge on any atom is -0.480 e. The Kier molecular flexibility index (Phi) is 5.06. The molecule has 0 fully saturated rings. The summed E-state index contributed by atoms with van der Waals surface area (Å²) in [6.45, 7) is 1.79. The van der Waals surface area contributed by atoms with Crippen molar-refractivity contribution in [1.82, 2.24) is 0 Å². The second-order valence-electron chi connectivity index (χ2n) is 2.17. The maximum Gasteiger partial charge on any atom is 0.320 e. The molecule has 0 aromatic rings. The smallest absolute Gasteiger partial charge is 0.320 e. The molecule has 0 aliphatic carbocycles. The van der Waals surface area contributed by atoms with Crippen molar-refractivity contribution in [3.05, 3.63) is 0 Å². The summed E-state index contributed by atoms with van der Waals surface area (Å²) >= 11 is 0. The fraction of sp³-hybridized carbons (Fsp3) is 0.833. The zero-order valence-corrected chi connectivity index (χ0v) is 7.26. The zero-order chi connectivity index (χ0) is 8.85. The van der Waals surface area contributed by atoms with Crippen LogP contribution in [-0.4, -0.2) is 32.8 Å². The lowest BCUT2D eigenvalue weighted by molar-refractivity contribution is -0.138. The quantitative estimate of drug-likeness (QED) is 0.599. The molecule has 0 saturated carbocycles. The summed E-state index contributed by atoms with van der Waals surface area (Å²) < 4.78 is 10.8. The van der Waals surface area contributed by atoms with Crippen molar-refractivity contribution in [2.24, 2.45) is 5.73 Å². The van der Waals surface area contributed by atoms with Crippen molar-refractivity contribution in [2.75, 3.05) is 11.5 Å². The van der Waals surface area contributed by atoms with Crippen molar-refractivity contribution in [2.45, 2.75) is 19.4 Å². The van der Waals surface area contributed by atoms with Crippen LogP contribution in [0.25, 0.3) is 0 Å². The van der Waals surface area contributed by atoms with Crippen LogP contribution in [0.5, 0.6) is 0 Å². The van der Waals surface area contributed by atoms with Gasteiger partial charge in [-0.15, -0.1) is 0 Å². The van der Waals surface area contributed by atoms with Crippen LogP contribution in [0.4, 0.5) is 0 Å². The zero-order valence-electron chi connectivity index (χ0n) is 6.45. The van der Waals surface area contributed by atoms with Crippen LogP contribution in [0, 0.1) is 0 Å². The van der Waals surface area contributed by atoms with Crippen LogP contribution in [0.3, 0.4) is 0 Å². The highest BCUT2D eigenvalue weighted by atomic mass is 32.2. The summed E-state index contributed by atoms with van der Waals surface area (Å²) in [7, 11) is -0.907. The molecule has 0 spiro atoms. The van der Waals surface area contributed by atoms with Gasteiger partial charge in [0.2, 0.25) is 0 Å². The minimum atomic E-state index is -1.03. The summed E-state index contributed by atoms with van der Waals surface area (Å²) in [4.78, 5) is 10.2. The van der Waals surface area contributed by atoms with Crippen molar-refractivity contribution in [1.29, 1.82) is 0 Å². The van der Waals surface area contributed by atoms with E-state index in [1.807, 2.05) is 0 Å². The van der Waals surface area contributed by atoms with E-state index in [0.29, 0.717) is 11.5 Å². The summed E-state index contributed by atoms with van der Waals surface area (Å²) in [6, 6.07) is -0.870. The predicted octanol–water partition coefficient (Wildman–Crippen LogP) is -0.443. The monoisotopic (exact) mass is 179 g/mol. The standard InChI is InChI=1S/C6H13NO3S/c1-2-11(10)4-3-5(7)6(8)9/h5H,2-4,7H2,1H3,(H,8,9)/t5-,11?/m1/s1. The molecule has 0 rings (SSSR count). The van der Waals surface area contributed by atoms with Gasteiger partial charge in [0.25, 0.3) is 0 Å². The molecular formula is C6H13NO3S. The van der Waals surface area contributed by atoms with Gasteiger partial charge in [0.1, 0.15) is 6.04 Å². The van der Waals surface area contributed by atoms with Gasteiger partial charge in [-0.3, -0.25) is 9.00 Å². The van der Waals surface area contributed by atoms with Crippen molar-refractivity contribution < 1.29 is 14.1 Å². The van der Waals surface area contributed by atoms with E-state index in [9.17, 15) is 9.00 Å². The summed E-state index contributed by atoms with van der Waals surface area (Å²) in [5, 5.41) is 8.34. The third-order valence-corrected chi connectivity index (χ3v) is 2.63. The Bertz CT molecular complexity index is 160. The average Bonchev–Trinajstić information content (AvgIpc) is 1.99. The Morgan fingerprint density at radius 2 is 2.27 bits per heavy atom. The van der Waals surface area contributed by atoms with Gasteiger partial charge in [-0.2, -0.15) is 0 Å². The second kappa shape index (κ2) is 5.26. The first-order valence-electron chi connectivity index (χ1n) is 3.41. The Hall–Kier alpha value is -0.420. The van der Waals surface area contributed by atoms with E-state index in [4.69, 9.17) is 10.8 Å². The van der Waals surface area contributed by atoms with Crippen molar-refractivity contribution in [3.63, 3.8) is 0 Å². The summed E-state index contributed by atoms with van der Waals surface area (Å²) in [6.07, 6.45) is 0.287. The third-order valence-electron chi connectivity index (χ3n) is 1.30. The minimum absolute atomic E-state index is 0.287. The fourth-order valence-corrected chi connectivity index (χ4v) is 1.33. The number of rotatable bonds is 5. The topological polar surface area (TPSA) is 80.4 Å². The molecule has 5 heteroatoms. The largest absolute Gasteiger partial charge is 0.480 e. The number of carboxylic acid groups (broad SMARTS) is 1. The van der Waals surface area contributed by atoms with Gasteiger partial charge < -0.3 is 10.8 Å². The molecule has 2 atom stereocenters. The maximum absolute atomic E-state index is 10.8. The van der Waals surface area contributed by atoms with Gasteiger partial charge in [-0.05, 0) is 6.42 Å². The van der Waals surface area contributed by atoms with E-state index in [2.05, 4.69) is 0 Å². The highest BCUT2D eigenvalue weighted by Crippen LogP contribution is 1.92. The SMILES string of the molecule is CCS(=O)CC[C@@H](N)C(=O)O. The summed E-state index contributed by atoms with van der Waals surface area (Å²) in [5.74, 6) is -0.0888. The van der Waals surface area contributed by atoms with Gasteiger partial charge in [0, 0.05) is 22.3 Å². The molecule has 4 nitrogen and oxygen atoms in total. The molecule has 0 aromatic heterocycles. The van der Waals surface area contributed by atoms with Gasteiger partial charge >= 0.3 is 5.97 Å². The van der Waals surface area contributed by atoms with Crippen molar-refractivity contribution in [3.8, 4) is 0 Å². The maximum atomic E-state index is 10.8. The molecule has 0 aromatic carbocycles.